The zero-order valence-electron chi connectivity index (χ0n) is 13.8. The molecule has 0 bridgehead atoms. The maximum Gasteiger partial charge on any atom is 0.232 e. The van der Waals surface area contributed by atoms with Gasteiger partial charge in [0.25, 0.3) is 0 Å². The molecule has 0 saturated heterocycles. The molecule has 0 aliphatic rings. The number of sulfonamides is 1. The van der Waals surface area contributed by atoms with Crippen molar-refractivity contribution in [2.45, 2.75) is 6.54 Å². The lowest BCUT2D eigenvalue weighted by molar-refractivity contribution is 0.506. The SMILES string of the molecule is CS(=O)(=O)N(Cc1ncc(-c2ccc(Cl)cc2)o1)c1cccc(C#N)c1. The third-order valence-electron chi connectivity index (χ3n) is 3.62. The Bertz CT molecular complexity index is 1070. The Hall–Kier alpha value is -2.82. The van der Waals surface area contributed by atoms with Crippen LogP contribution in [0.15, 0.2) is 59.1 Å². The number of anilines is 1. The van der Waals surface area contributed by atoms with Crippen LogP contribution in [0.4, 0.5) is 5.69 Å². The van der Waals surface area contributed by atoms with E-state index >= 15 is 0 Å². The molecule has 0 unspecified atom stereocenters. The van der Waals surface area contributed by atoms with Gasteiger partial charge >= 0.3 is 0 Å². The van der Waals surface area contributed by atoms with E-state index in [0.717, 1.165) is 16.1 Å². The fourth-order valence-electron chi connectivity index (χ4n) is 2.38. The molecule has 1 heterocycles. The number of nitriles is 1. The van der Waals surface area contributed by atoms with Crippen LogP contribution in [0.1, 0.15) is 11.5 Å². The smallest absolute Gasteiger partial charge is 0.232 e. The molecule has 0 amide bonds. The first kappa shape index (κ1) is 18.0. The highest BCUT2D eigenvalue weighted by Crippen LogP contribution is 2.25. The second-order valence-corrected chi connectivity index (χ2v) is 7.90. The number of rotatable bonds is 5. The number of benzene rings is 2. The van der Waals surface area contributed by atoms with E-state index in [4.69, 9.17) is 21.3 Å². The number of nitrogens with zero attached hydrogens (tertiary/aromatic N) is 3. The Balaban J connectivity index is 1.91. The van der Waals surface area contributed by atoms with E-state index < -0.39 is 10.0 Å². The quantitative estimate of drug-likeness (QED) is 0.663. The summed E-state index contributed by atoms with van der Waals surface area (Å²) >= 11 is 5.87. The van der Waals surface area contributed by atoms with Crippen molar-refractivity contribution in [2.75, 3.05) is 10.6 Å². The number of hydrogen-bond acceptors (Lipinski definition) is 5. The largest absolute Gasteiger partial charge is 0.439 e. The summed E-state index contributed by atoms with van der Waals surface area (Å²) in [5.41, 5.74) is 1.52. The van der Waals surface area contributed by atoms with Crippen LogP contribution in [0.3, 0.4) is 0 Å². The van der Waals surface area contributed by atoms with Crippen LogP contribution < -0.4 is 4.31 Å². The van der Waals surface area contributed by atoms with E-state index in [1.165, 1.54) is 12.3 Å². The summed E-state index contributed by atoms with van der Waals surface area (Å²) in [5.74, 6) is 0.749. The number of oxazole rings is 1. The normalized spacial score (nSPS) is 11.1. The van der Waals surface area contributed by atoms with Gasteiger partial charge in [0.15, 0.2) is 5.76 Å². The first-order valence-corrected chi connectivity index (χ1v) is 9.78. The predicted octanol–water partition coefficient (Wildman–Crippen LogP) is 3.83. The minimum absolute atomic E-state index is 0.0820. The predicted molar refractivity (Wildman–Crippen MR) is 99.1 cm³/mol. The molecule has 0 atom stereocenters. The molecule has 3 rings (SSSR count). The van der Waals surface area contributed by atoms with Gasteiger partial charge in [-0.15, -0.1) is 0 Å². The van der Waals surface area contributed by atoms with E-state index in [1.807, 2.05) is 6.07 Å². The van der Waals surface area contributed by atoms with Crippen LogP contribution in [0.5, 0.6) is 0 Å². The molecule has 3 aromatic rings. The second-order valence-electron chi connectivity index (χ2n) is 5.56. The van der Waals surface area contributed by atoms with Gasteiger partial charge in [-0.05, 0) is 42.5 Å². The van der Waals surface area contributed by atoms with Crippen LogP contribution in [-0.2, 0) is 16.6 Å². The first-order chi connectivity index (χ1) is 12.4. The molecule has 0 spiro atoms. The van der Waals surface area contributed by atoms with Crippen LogP contribution in [-0.4, -0.2) is 19.7 Å². The summed E-state index contributed by atoms with van der Waals surface area (Å²) in [6.45, 7) is -0.0820. The summed E-state index contributed by atoms with van der Waals surface area (Å²) in [6, 6.07) is 15.4. The minimum Gasteiger partial charge on any atom is -0.439 e. The molecule has 132 valence electrons. The third-order valence-corrected chi connectivity index (χ3v) is 5.02. The van der Waals surface area contributed by atoms with Gasteiger partial charge in [0.2, 0.25) is 15.9 Å². The van der Waals surface area contributed by atoms with Crippen LogP contribution in [0.25, 0.3) is 11.3 Å². The Morgan fingerprint density at radius 1 is 1.23 bits per heavy atom. The van der Waals surface area contributed by atoms with E-state index in [0.29, 0.717) is 22.0 Å². The van der Waals surface area contributed by atoms with Crippen molar-refractivity contribution in [3.05, 3.63) is 71.2 Å². The molecule has 2 aromatic carbocycles. The first-order valence-electron chi connectivity index (χ1n) is 7.55. The zero-order valence-corrected chi connectivity index (χ0v) is 15.3. The van der Waals surface area contributed by atoms with Gasteiger partial charge in [0.05, 0.1) is 29.8 Å². The van der Waals surface area contributed by atoms with E-state index in [1.54, 1.807) is 42.5 Å². The van der Waals surface area contributed by atoms with E-state index in [2.05, 4.69) is 4.98 Å². The summed E-state index contributed by atoms with van der Waals surface area (Å²) in [6.07, 6.45) is 2.62. The van der Waals surface area contributed by atoms with Crippen molar-refractivity contribution >= 4 is 27.3 Å². The second kappa shape index (κ2) is 7.20. The molecule has 0 aliphatic carbocycles. The standard InChI is InChI=1S/C18H14ClN3O3S/c1-26(23,24)22(16-4-2-3-13(9-16)10-20)12-18-21-11-17(25-18)14-5-7-15(19)8-6-14/h2-9,11H,12H2,1H3. The Morgan fingerprint density at radius 3 is 2.62 bits per heavy atom. The monoisotopic (exact) mass is 387 g/mol. The van der Waals surface area contributed by atoms with E-state index in [-0.39, 0.29) is 12.4 Å². The summed E-state index contributed by atoms with van der Waals surface area (Å²) in [4.78, 5) is 4.17. The van der Waals surface area contributed by atoms with Gasteiger partial charge in [-0.3, -0.25) is 4.31 Å². The lowest BCUT2D eigenvalue weighted by Gasteiger charge is -2.20. The summed E-state index contributed by atoms with van der Waals surface area (Å²) in [5, 5.41) is 9.63. The zero-order chi connectivity index (χ0) is 18.7. The molecular formula is C18H14ClN3O3S. The summed E-state index contributed by atoms with van der Waals surface area (Å²) in [7, 11) is -3.60. The highest BCUT2D eigenvalue weighted by Gasteiger charge is 2.21. The minimum atomic E-state index is -3.60. The van der Waals surface area contributed by atoms with Crippen molar-refractivity contribution < 1.29 is 12.8 Å². The van der Waals surface area contributed by atoms with Crippen LogP contribution >= 0.6 is 11.6 Å². The molecule has 6 nitrogen and oxygen atoms in total. The van der Waals surface area contributed by atoms with Crippen molar-refractivity contribution in [1.29, 1.82) is 5.26 Å². The maximum absolute atomic E-state index is 12.2. The molecule has 8 heteroatoms. The molecule has 0 saturated carbocycles. The number of aromatic nitrogens is 1. The Morgan fingerprint density at radius 2 is 1.96 bits per heavy atom. The number of halogens is 1. The number of hydrogen-bond donors (Lipinski definition) is 0. The molecular weight excluding hydrogens is 374 g/mol. The highest BCUT2D eigenvalue weighted by molar-refractivity contribution is 7.92. The summed E-state index contributed by atoms with van der Waals surface area (Å²) < 4.78 is 31.3. The van der Waals surface area contributed by atoms with Crippen LogP contribution in [0, 0.1) is 11.3 Å². The van der Waals surface area contributed by atoms with Crippen molar-refractivity contribution in [2.24, 2.45) is 0 Å². The van der Waals surface area contributed by atoms with Gasteiger partial charge < -0.3 is 4.42 Å². The fraction of sp³-hybridized carbons (Fsp3) is 0.111. The average molecular weight is 388 g/mol. The highest BCUT2D eigenvalue weighted by atomic mass is 35.5. The van der Waals surface area contributed by atoms with Crippen molar-refractivity contribution in [3.63, 3.8) is 0 Å². The molecule has 0 N–H and O–H groups in total. The Labute approximate surface area is 156 Å². The van der Waals surface area contributed by atoms with E-state index in [9.17, 15) is 8.42 Å². The molecule has 26 heavy (non-hydrogen) atoms. The van der Waals surface area contributed by atoms with Crippen molar-refractivity contribution in [1.82, 2.24) is 4.98 Å². The molecule has 1 aromatic heterocycles. The Kier molecular flexibility index (Phi) is 4.98. The van der Waals surface area contributed by atoms with Gasteiger partial charge in [-0.25, -0.2) is 13.4 Å². The lowest BCUT2D eigenvalue weighted by Crippen LogP contribution is -2.29. The fourth-order valence-corrected chi connectivity index (χ4v) is 3.35. The maximum atomic E-state index is 12.2. The average Bonchev–Trinajstić information content (AvgIpc) is 3.08. The van der Waals surface area contributed by atoms with Gasteiger partial charge in [-0.1, -0.05) is 17.7 Å². The molecule has 0 aliphatic heterocycles. The van der Waals surface area contributed by atoms with Crippen LogP contribution in [0.2, 0.25) is 5.02 Å². The van der Waals surface area contributed by atoms with Gasteiger partial charge in [-0.2, -0.15) is 5.26 Å². The van der Waals surface area contributed by atoms with Gasteiger partial charge in [0.1, 0.15) is 6.54 Å². The van der Waals surface area contributed by atoms with Gasteiger partial charge in [0, 0.05) is 10.6 Å². The van der Waals surface area contributed by atoms with Crippen molar-refractivity contribution in [3.8, 4) is 17.4 Å². The topological polar surface area (TPSA) is 87.2 Å². The molecule has 0 radical (unpaired) electrons. The lowest BCUT2D eigenvalue weighted by atomic mass is 10.2. The third kappa shape index (κ3) is 4.04. The molecule has 0 fully saturated rings.